The second-order valence-corrected chi connectivity index (χ2v) is 7.75. The number of ketones is 1. The first kappa shape index (κ1) is 20.0. The third-order valence-corrected chi connectivity index (χ3v) is 5.61. The monoisotopic (exact) mass is 408 g/mol. The average Bonchev–Trinajstić information content (AvgIpc) is 2.70. The molecule has 1 heterocycles. The number of aryl methyl sites for hydroxylation is 1. The highest BCUT2D eigenvalue weighted by molar-refractivity contribution is 6.09. The quantitative estimate of drug-likeness (QED) is 0.761. The lowest BCUT2D eigenvalue weighted by molar-refractivity contribution is -0.116. The molecule has 0 aromatic heterocycles. The van der Waals surface area contributed by atoms with E-state index in [1.54, 1.807) is 6.92 Å². The van der Waals surface area contributed by atoms with Gasteiger partial charge in [0, 0.05) is 40.9 Å². The molecule has 0 bridgehead atoms. The normalized spacial score (nSPS) is 18.8. The lowest BCUT2D eigenvalue weighted by Crippen LogP contribution is -2.35. The van der Waals surface area contributed by atoms with Gasteiger partial charge in [-0.3, -0.25) is 9.59 Å². The molecular weight excluding hydrogens is 386 g/mol. The number of carbonyl (C=O) groups excluding carboxylic acids is 2. The molecule has 30 heavy (non-hydrogen) atoms. The molecule has 1 aliphatic heterocycles. The third-order valence-electron chi connectivity index (χ3n) is 5.61. The molecule has 0 saturated heterocycles. The van der Waals surface area contributed by atoms with Gasteiger partial charge in [-0.2, -0.15) is 0 Å². The van der Waals surface area contributed by atoms with E-state index < -0.39 is 23.5 Å². The Kier molecular flexibility index (Phi) is 5.24. The number of hydrogen-bond donors (Lipinski definition) is 2. The molecule has 2 aromatic rings. The van der Waals surface area contributed by atoms with E-state index in [0.717, 1.165) is 41.8 Å². The third kappa shape index (κ3) is 3.65. The Balaban J connectivity index is 1.78. The van der Waals surface area contributed by atoms with Crippen molar-refractivity contribution in [1.82, 2.24) is 5.32 Å². The van der Waals surface area contributed by atoms with Crippen LogP contribution in [0.1, 0.15) is 43.2 Å². The summed E-state index contributed by atoms with van der Waals surface area (Å²) in [5.41, 5.74) is 4.20. The fraction of sp³-hybridized carbons (Fsp3) is 0.250. The van der Waals surface area contributed by atoms with Crippen molar-refractivity contribution < 1.29 is 18.4 Å². The summed E-state index contributed by atoms with van der Waals surface area (Å²) < 4.78 is 27.4. The first-order valence-corrected chi connectivity index (χ1v) is 9.92. The van der Waals surface area contributed by atoms with Gasteiger partial charge in [0.05, 0.1) is 5.69 Å². The highest BCUT2D eigenvalue weighted by Crippen LogP contribution is 2.42. The van der Waals surface area contributed by atoms with Crippen LogP contribution < -0.4 is 10.6 Å². The first-order valence-electron chi connectivity index (χ1n) is 9.92. The van der Waals surface area contributed by atoms with Crippen LogP contribution in [0.4, 0.5) is 14.5 Å². The lowest BCUT2D eigenvalue weighted by atomic mass is 9.75. The van der Waals surface area contributed by atoms with E-state index in [1.807, 2.05) is 31.2 Å². The highest BCUT2D eigenvalue weighted by Gasteiger charge is 2.38. The molecule has 2 aromatic carbocycles. The van der Waals surface area contributed by atoms with E-state index in [0.29, 0.717) is 23.3 Å². The van der Waals surface area contributed by atoms with E-state index in [2.05, 4.69) is 10.6 Å². The molecule has 4 nitrogen and oxygen atoms in total. The van der Waals surface area contributed by atoms with Crippen molar-refractivity contribution in [2.45, 2.75) is 39.0 Å². The maximum atomic E-state index is 14.1. The second-order valence-electron chi connectivity index (χ2n) is 7.75. The number of Topliss-reactive ketones (excluding diaryl/α,β-unsaturated/α-hetero) is 1. The average molecular weight is 408 g/mol. The van der Waals surface area contributed by atoms with E-state index in [-0.39, 0.29) is 11.5 Å². The van der Waals surface area contributed by atoms with E-state index >= 15 is 0 Å². The summed E-state index contributed by atoms with van der Waals surface area (Å²) in [5, 5.41) is 5.77. The Labute approximate surface area is 173 Å². The zero-order valence-electron chi connectivity index (χ0n) is 16.8. The van der Waals surface area contributed by atoms with Gasteiger partial charge in [0.15, 0.2) is 5.78 Å². The number of anilines is 1. The van der Waals surface area contributed by atoms with Crippen molar-refractivity contribution in [2.75, 3.05) is 5.32 Å². The SMILES string of the molecule is CC1=C(C(=O)Nc2ccc(F)cc2F)[C@@H](c2ccc(C)cc2)C2=C(CCCC2=O)N1. The molecule has 0 radical (unpaired) electrons. The van der Waals surface area contributed by atoms with Gasteiger partial charge in [-0.1, -0.05) is 29.8 Å². The molecule has 4 rings (SSSR count). The molecule has 0 saturated carbocycles. The minimum Gasteiger partial charge on any atom is -0.362 e. The first-order chi connectivity index (χ1) is 14.3. The zero-order chi connectivity index (χ0) is 21.4. The minimum atomic E-state index is -0.856. The highest BCUT2D eigenvalue weighted by atomic mass is 19.1. The maximum absolute atomic E-state index is 14.1. The zero-order valence-corrected chi connectivity index (χ0v) is 16.8. The minimum absolute atomic E-state index is 0.0140. The van der Waals surface area contributed by atoms with Crippen LogP contribution >= 0.6 is 0 Å². The van der Waals surface area contributed by atoms with Crippen molar-refractivity contribution in [1.29, 1.82) is 0 Å². The van der Waals surface area contributed by atoms with Gasteiger partial charge in [0.2, 0.25) is 0 Å². The Bertz CT molecular complexity index is 1100. The summed E-state index contributed by atoms with van der Waals surface area (Å²) in [5.74, 6) is -2.63. The summed E-state index contributed by atoms with van der Waals surface area (Å²) >= 11 is 0. The molecule has 1 amide bonds. The van der Waals surface area contributed by atoms with Gasteiger partial charge in [0.1, 0.15) is 11.6 Å². The fourth-order valence-corrected chi connectivity index (χ4v) is 4.16. The number of carbonyl (C=O) groups is 2. The maximum Gasteiger partial charge on any atom is 0.254 e. The second kappa shape index (κ2) is 7.86. The van der Waals surface area contributed by atoms with Crippen LogP contribution in [0.5, 0.6) is 0 Å². The van der Waals surface area contributed by atoms with Crippen molar-refractivity contribution in [2.24, 2.45) is 0 Å². The largest absolute Gasteiger partial charge is 0.362 e. The molecule has 2 aliphatic rings. The molecule has 2 N–H and O–H groups in total. The van der Waals surface area contributed by atoms with Gasteiger partial charge in [0.25, 0.3) is 5.91 Å². The predicted molar refractivity (Wildman–Crippen MR) is 111 cm³/mol. The van der Waals surface area contributed by atoms with Crippen molar-refractivity contribution in [3.8, 4) is 0 Å². The molecule has 1 atom stereocenters. The lowest BCUT2D eigenvalue weighted by Gasteiger charge is -2.34. The summed E-state index contributed by atoms with van der Waals surface area (Å²) in [4.78, 5) is 26.1. The number of allylic oxidation sites excluding steroid dienone is 3. The number of nitrogens with one attached hydrogen (secondary N) is 2. The number of rotatable bonds is 3. The Morgan fingerprint density at radius 3 is 2.50 bits per heavy atom. The molecule has 6 heteroatoms. The van der Waals surface area contributed by atoms with Gasteiger partial charge in [-0.15, -0.1) is 0 Å². The van der Waals surface area contributed by atoms with Crippen LogP contribution in [0, 0.1) is 18.6 Å². The summed E-state index contributed by atoms with van der Waals surface area (Å²) in [6, 6.07) is 10.7. The Morgan fingerprint density at radius 1 is 1.07 bits per heavy atom. The number of amides is 1. The van der Waals surface area contributed by atoms with Crippen LogP contribution in [0.3, 0.4) is 0 Å². The smallest absolute Gasteiger partial charge is 0.254 e. The number of hydrogen-bond acceptors (Lipinski definition) is 3. The van der Waals surface area contributed by atoms with Crippen molar-refractivity contribution >= 4 is 17.4 Å². The number of halogens is 2. The van der Waals surface area contributed by atoms with E-state index in [4.69, 9.17) is 0 Å². The molecular formula is C24H22F2N2O2. The Morgan fingerprint density at radius 2 is 1.80 bits per heavy atom. The van der Waals surface area contributed by atoms with Crippen molar-refractivity contribution in [3.63, 3.8) is 0 Å². The number of dihydropyridines is 1. The summed E-state index contributed by atoms with van der Waals surface area (Å²) in [6.45, 7) is 3.74. The topological polar surface area (TPSA) is 58.2 Å². The van der Waals surface area contributed by atoms with E-state index in [9.17, 15) is 18.4 Å². The number of benzene rings is 2. The Hall–Kier alpha value is -3.28. The predicted octanol–water partition coefficient (Wildman–Crippen LogP) is 4.88. The van der Waals surface area contributed by atoms with Crippen LogP contribution in [0.2, 0.25) is 0 Å². The van der Waals surface area contributed by atoms with Crippen LogP contribution in [-0.4, -0.2) is 11.7 Å². The van der Waals surface area contributed by atoms with Gasteiger partial charge in [-0.25, -0.2) is 8.78 Å². The molecule has 0 unspecified atom stereocenters. The van der Waals surface area contributed by atoms with Crippen LogP contribution in [-0.2, 0) is 9.59 Å². The van der Waals surface area contributed by atoms with Gasteiger partial charge >= 0.3 is 0 Å². The van der Waals surface area contributed by atoms with Crippen LogP contribution in [0.25, 0.3) is 0 Å². The fourth-order valence-electron chi connectivity index (χ4n) is 4.16. The van der Waals surface area contributed by atoms with Crippen LogP contribution in [0.15, 0.2) is 65.0 Å². The van der Waals surface area contributed by atoms with E-state index in [1.165, 1.54) is 6.07 Å². The standard InChI is InChI=1S/C24H22F2N2O2/c1-13-6-8-15(9-7-13)22-21(14(2)27-19-4-3-5-20(29)23(19)22)24(30)28-18-11-10-16(25)12-17(18)26/h6-12,22,27H,3-5H2,1-2H3,(H,28,30)/t22-/m1/s1. The van der Waals surface area contributed by atoms with Gasteiger partial charge in [-0.05, 0) is 44.4 Å². The molecule has 0 spiro atoms. The molecule has 0 fully saturated rings. The van der Waals surface area contributed by atoms with Gasteiger partial charge < -0.3 is 10.6 Å². The summed E-state index contributed by atoms with van der Waals surface area (Å²) in [7, 11) is 0. The molecule has 154 valence electrons. The molecule has 1 aliphatic carbocycles. The summed E-state index contributed by atoms with van der Waals surface area (Å²) in [6.07, 6.45) is 1.94. The van der Waals surface area contributed by atoms with Crippen molar-refractivity contribution in [3.05, 3.63) is 87.8 Å².